The molecule has 5 nitrogen and oxygen atoms in total. The predicted octanol–water partition coefficient (Wildman–Crippen LogP) is 1.54. The van der Waals surface area contributed by atoms with Crippen molar-refractivity contribution in [3.05, 3.63) is 10.7 Å². The third kappa shape index (κ3) is 2.62. The van der Waals surface area contributed by atoms with Gasteiger partial charge in [0.05, 0.1) is 16.6 Å². The Labute approximate surface area is 103 Å². The number of nitrogens with two attached hydrogens (primary N) is 1. The first-order valence-corrected chi connectivity index (χ1v) is 6.19. The van der Waals surface area contributed by atoms with Crippen molar-refractivity contribution in [3.8, 4) is 0 Å². The molecular formula is C10H15BrN4O. The molecule has 2 atom stereocenters. The molecule has 0 amide bonds. The lowest BCUT2D eigenvalue weighted by atomic mass is 9.93. The van der Waals surface area contributed by atoms with Crippen LogP contribution in [0.15, 0.2) is 10.7 Å². The van der Waals surface area contributed by atoms with E-state index in [1.54, 1.807) is 6.20 Å². The lowest BCUT2D eigenvalue weighted by Crippen LogP contribution is -2.36. The first kappa shape index (κ1) is 11.6. The Morgan fingerprint density at radius 1 is 1.44 bits per heavy atom. The summed E-state index contributed by atoms with van der Waals surface area (Å²) < 4.78 is 0.763. The molecule has 1 aliphatic rings. The summed E-state index contributed by atoms with van der Waals surface area (Å²) in [5.74, 6) is 0.884. The van der Waals surface area contributed by atoms with Crippen LogP contribution in [0.3, 0.4) is 0 Å². The monoisotopic (exact) mass is 286 g/mol. The van der Waals surface area contributed by atoms with Crippen molar-refractivity contribution in [2.45, 2.75) is 37.8 Å². The quantitative estimate of drug-likeness (QED) is 0.768. The summed E-state index contributed by atoms with van der Waals surface area (Å²) >= 11 is 3.35. The standard InChI is InChI=1S/C10H15BrN4O/c11-6-5-13-10(12)15-9(6)14-7-3-1-2-4-8(7)16/h5,7-8,16H,1-4H2,(H3,12,13,14,15). The number of nitrogens with one attached hydrogen (secondary N) is 1. The first-order valence-electron chi connectivity index (χ1n) is 5.39. The van der Waals surface area contributed by atoms with Crippen molar-refractivity contribution < 1.29 is 5.11 Å². The first-order chi connectivity index (χ1) is 7.66. The van der Waals surface area contributed by atoms with Gasteiger partial charge in [0, 0.05) is 6.20 Å². The van der Waals surface area contributed by atoms with Crippen molar-refractivity contribution in [1.29, 1.82) is 0 Å². The van der Waals surface area contributed by atoms with E-state index in [-0.39, 0.29) is 18.1 Å². The van der Waals surface area contributed by atoms with E-state index in [1.165, 1.54) is 0 Å². The number of hydrogen-bond acceptors (Lipinski definition) is 5. The number of rotatable bonds is 2. The summed E-state index contributed by atoms with van der Waals surface area (Å²) in [5, 5.41) is 13.0. The van der Waals surface area contributed by atoms with Gasteiger partial charge >= 0.3 is 0 Å². The SMILES string of the molecule is Nc1ncc(Br)c(NC2CCCCC2O)n1. The van der Waals surface area contributed by atoms with Crippen molar-refractivity contribution in [2.24, 2.45) is 0 Å². The molecule has 0 saturated heterocycles. The molecule has 6 heteroatoms. The van der Waals surface area contributed by atoms with Gasteiger partial charge in [-0.05, 0) is 28.8 Å². The summed E-state index contributed by atoms with van der Waals surface area (Å²) in [5.41, 5.74) is 5.52. The number of anilines is 2. The van der Waals surface area contributed by atoms with Gasteiger partial charge in [-0.3, -0.25) is 0 Å². The number of halogens is 1. The Hall–Kier alpha value is -0.880. The number of nitrogens with zero attached hydrogens (tertiary/aromatic N) is 2. The average molecular weight is 287 g/mol. The minimum absolute atomic E-state index is 0.0550. The molecule has 4 N–H and O–H groups in total. The topological polar surface area (TPSA) is 84.1 Å². The van der Waals surface area contributed by atoms with Gasteiger partial charge in [-0.2, -0.15) is 4.98 Å². The molecule has 0 spiro atoms. The highest BCUT2D eigenvalue weighted by Crippen LogP contribution is 2.25. The van der Waals surface area contributed by atoms with Crippen molar-refractivity contribution in [3.63, 3.8) is 0 Å². The van der Waals surface area contributed by atoms with E-state index in [0.29, 0.717) is 5.82 Å². The number of aromatic nitrogens is 2. The van der Waals surface area contributed by atoms with Crippen LogP contribution in [-0.2, 0) is 0 Å². The number of aliphatic hydroxyl groups excluding tert-OH is 1. The fourth-order valence-electron chi connectivity index (χ4n) is 1.94. The fourth-order valence-corrected chi connectivity index (χ4v) is 2.24. The highest BCUT2D eigenvalue weighted by Gasteiger charge is 2.23. The zero-order valence-electron chi connectivity index (χ0n) is 8.86. The number of nitrogen functional groups attached to an aromatic ring is 1. The Kier molecular flexibility index (Phi) is 3.60. The maximum Gasteiger partial charge on any atom is 0.221 e. The van der Waals surface area contributed by atoms with Gasteiger partial charge in [0.15, 0.2) is 0 Å². The summed E-state index contributed by atoms with van der Waals surface area (Å²) in [6.07, 6.45) is 5.32. The van der Waals surface area contributed by atoms with Crippen LogP contribution in [-0.4, -0.2) is 27.2 Å². The third-order valence-electron chi connectivity index (χ3n) is 2.81. The van der Waals surface area contributed by atoms with Crippen LogP contribution in [0.5, 0.6) is 0 Å². The molecule has 0 aliphatic heterocycles. The largest absolute Gasteiger partial charge is 0.391 e. The molecule has 1 heterocycles. The second-order valence-corrected chi connectivity index (χ2v) is 4.88. The zero-order chi connectivity index (χ0) is 11.5. The molecule has 16 heavy (non-hydrogen) atoms. The van der Waals surface area contributed by atoms with Gasteiger partial charge in [0.25, 0.3) is 0 Å². The van der Waals surface area contributed by atoms with Crippen molar-refractivity contribution in [2.75, 3.05) is 11.1 Å². The molecule has 1 aliphatic carbocycles. The molecule has 0 radical (unpaired) electrons. The van der Waals surface area contributed by atoms with Crippen LogP contribution in [0.25, 0.3) is 0 Å². The Morgan fingerprint density at radius 2 is 2.19 bits per heavy atom. The lowest BCUT2D eigenvalue weighted by Gasteiger charge is -2.29. The molecule has 2 rings (SSSR count). The van der Waals surface area contributed by atoms with Gasteiger partial charge in [0.1, 0.15) is 5.82 Å². The highest BCUT2D eigenvalue weighted by atomic mass is 79.9. The predicted molar refractivity (Wildman–Crippen MR) is 66.0 cm³/mol. The van der Waals surface area contributed by atoms with Gasteiger partial charge in [0.2, 0.25) is 5.95 Å². The highest BCUT2D eigenvalue weighted by molar-refractivity contribution is 9.10. The summed E-state index contributed by atoms with van der Waals surface area (Å²) in [7, 11) is 0. The van der Waals surface area contributed by atoms with Crippen LogP contribution >= 0.6 is 15.9 Å². The van der Waals surface area contributed by atoms with Crippen LogP contribution < -0.4 is 11.1 Å². The normalized spacial score (nSPS) is 25.4. The molecule has 1 saturated carbocycles. The lowest BCUT2D eigenvalue weighted by molar-refractivity contribution is 0.116. The maximum atomic E-state index is 9.84. The van der Waals surface area contributed by atoms with E-state index < -0.39 is 0 Å². The van der Waals surface area contributed by atoms with E-state index in [2.05, 4.69) is 31.2 Å². The van der Waals surface area contributed by atoms with E-state index >= 15 is 0 Å². The van der Waals surface area contributed by atoms with Crippen LogP contribution in [0.4, 0.5) is 11.8 Å². The van der Waals surface area contributed by atoms with Crippen LogP contribution in [0.1, 0.15) is 25.7 Å². The molecular weight excluding hydrogens is 272 g/mol. The minimum atomic E-state index is -0.308. The summed E-state index contributed by atoms with van der Waals surface area (Å²) in [6.45, 7) is 0. The minimum Gasteiger partial charge on any atom is -0.391 e. The Morgan fingerprint density at radius 3 is 2.94 bits per heavy atom. The third-order valence-corrected chi connectivity index (χ3v) is 3.39. The molecule has 1 fully saturated rings. The molecule has 1 aromatic rings. The van der Waals surface area contributed by atoms with E-state index in [0.717, 1.165) is 30.2 Å². The average Bonchev–Trinajstić information content (AvgIpc) is 2.27. The molecule has 2 unspecified atom stereocenters. The molecule has 88 valence electrons. The van der Waals surface area contributed by atoms with Crippen LogP contribution in [0, 0.1) is 0 Å². The van der Waals surface area contributed by atoms with Gasteiger partial charge in [-0.1, -0.05) is 12.8 Å². The van der Waals surface area contributed by atoms with E-state index in [9.17, 15) is 5.11 Å². The number of aliphatic hydroxyl groups is 1. The maximum absolute atomic E-state index is 9.84. The molecule has 0 aromatic carbocycles. The fraction of sp³-hybridized carbons (Fsp3) is 0.600. The Balaban J connectivity index is 2.10. The molecule has 1 aromatic heterocycles. The van der Waals surface area contributed by atoms with Gasteiger partial charge in [-0.25, -0.2) is 4.98 Å². The second kappa shape index (κ2) is 4.97. The summed E-state index contributed by atoms with van der Waals surface area (Å²) in [6, 6.07) is 0.0550. The smallest absolute Gasteiger partial charge is 0.221 e. The van der Waals surface area contributed by atoms with Gasteiger partial charge < -0.3 is 16.2 Å². The van der Waals surface area contributed by atoms with E-state index in [1.807, 2.05) is 0 Å². The van der Waals surface area contributed by atoms with E-state index in [4.69, 9.17) is 5.73 Å². The van der Waals surface area contributed by atoms with Gasteiger partial charge in [-0.15, -0.1) is 0 Å². The summed E-state index contributed by atoms with van der Waals surface area (Å²) in [4.78, 5) is 7.97. The Bertz CT molecular complexity index is 374. The van der Waals surface area contributed by atoms with Crippen LogP contribution in [0.2, 0.25) is 0 Å². The number of hydrogen-bond donors (Lipinski definition) is 3. The second-order valence-electron chi connectivity index (χ2n) is 4.03. The molecule has 0 bridgehead atoms. The van der Waals surface area contributed by atoms with Crippen molar-refractivity contribution >= 4 is 27.7 Å². The zero-order valence-corrected chi connectivity index (χ0v) is 10.4. The van der Waals surface area contributed by atoms with Crippen molar-refractivity contribution in [1.82, 2.24) is 9.97 Å².